The molecule has 0 radical (unpaired) electrons. The number of benzene rings is 1. The molecule has 0 spiro atoms. The molecule has 2 aromatic heterocycles. The minimum atomic E-state index is -0.309. The second kappa shape index (κ2) is 6.48. The lowest BCUT2D eigenvalue weighted by atomic mass is 9.99. The summed E-state index contributed by atoms with van der Waals surface area (Å²) in [6, 6.07) is 6.92. The molecule has 1 amide bonds. The Labute approximate surface area is 151 Å². The number of nitrogens with zero attached hydrogens (tertiary/aromatic N) is 2. The van der Waals surface area contributed by atoms with Gasteiger partial charge in [0.25, 0.3) is 0 Å². The first kappa shape index (κ1) is 16.6. The van der Waals surface area contributed by atoms with E-state index in [9.17, 15) is 9.18 Å². The Morgan fingerprint density at radius 3 is 2.81 bits per heavy atom. The summed E-state index contributed by atoms with van der Waals surface area (Å²) < 4.78 is 14.6. The maximum absolute atomic E-state index is 14.6. The van der Waals surface area contributed by atoms with Crippen molar-refractivity contribution in [2.45, 2.75) is 26.7 Å². The largest absolute Gasteiger partial charge is 0.310 e. The van der Waals surface area contributed by atoms with Crippen molar-refractivity contribution in [2.75, 3.05) is 5.32 Å². The van der Waals surface area contributed by atoms with Crippen LogP contribution in [0, 0.1) is 24.6 Å². The van der Waals surface area contributed by atoms with Gasteiger partial charge in [-0.2, -0.15) is 0 Å². The minimum absolute atomic E-state index is 0.0224. The second-order valence-corrected chi connectivity index (χ2v) is 6.94. The Balaban J connectivity index is 1.68. The number of rotatable bonds is 4. The van der Waals surface area contributed by atoms with E-state index in [0.29, 0.717) is 22.7 Å². The Bertz CT molecular complexity index is 1000. The number of nitrogens with one attached hydrogen (secondary N) is 1. The maximum atomic E-state index is 14.6. The summed E-state index contributed by atoms with van der Waals surface area (Å²) in [6.45, 7) is 4.03. The normalized spacial score (nSPS) is 18.7. The molecule has 2 atom stereocenters. The molecule has 3 aromatic rings. The number of pyridine rings is 2. The number of anilines is 1. The summed E-state index contributed by atoms with van der Waals surface area (Å²) in [5.74, 6) is 0.804. The van der Waals surface area contributed by atoms with Gasteiger partial charge in [0, 0.05) is 41.0 Å². The van der Waals surface area contributed by atoms with Crippen molar-refractivity contribution in [1.82, 2.24) is 9.97 Å². The fourth-order valence-electron chi connectivity index (χ4n) is 3.43. The maximum Gasteiger partial charge on any atom is 0.228 e. The van der Waals surface area contributed by atoms with Gasteiger partial charge in [0.1, 0.15) is 11.6 Å². The van der Waals surface area contributed by atoms with Crippen molar-refractivity contribution >= 4 is 22.5 Å². The number of fused-ring (bicyclic) bond motifs is 1. The zero-order valence-electron chi connectivity index (χ0n) is 14.8. The van der Waals surface area contributed by atoms with Crippen LogP contribution in [0.25, 0.3) is 21.9 Å². The summed E-state index contributed by atoms with van der Waals surface area (Å²) in [7, 11) is 0. The first-order valence-electron chi connectivity index (χ1n) is 8.88. The lowest BCUT2D eigenvalue weighted by Crippen LogP contribution is -2.15. The van der Waals surface area contributed by atoms with Gasteiger partial charge in [0.05, 0.1) is 0 Å². The van der Waals surface area contributed by atoms with Crippen molar-refractivity contribution in [3.8, 4) is 11.1 Å². The van der Waals surface area contributed by atoms with Crippen molar-refractivity contribution < 1.29 is 9.18 Å². The number of aryl methyl sites for hydroxylation is 1. The number of amides is 1. The SMILES string of the molecule is CCC1CC1C(=O)Nc1cc2cc(-c3cnccc3C)c(F)cc2cn1. The molecule has 2 heterocycles. The molecule has 5 heteroatoms. The molecule has 1 aliphatic rings. The van der Waals surface area contributed by atoms with E-state index in [1.54, 1.807) is 30.7 Å². The zero-order chi connectivity index (χ0) is 18.3. The minimum Gasteiger partial charge on any atom is -0.310 e. The van der Waals surface area contributed by atoms with E-state index in [4.69, 9.17) is 0 Å². The summed E-state index contributed by atoms with van der Waals surface area (Å²) in [4.78, 5) is 20.6. The predicted octanol–water partition coefficient (Wildman–Crippen LogP) is 4.73. The standard InChI is InChI=1S/C21H20FN3O/c1-3-13-6-16(13)21(26)25-20-9-14-7-17(18-11-23-5-4-12(18)2)19(22)8-15(14)10-24-20/h4-5,7-11,13,16H,3,6H2,1-2H3,(H,24,25,26). The van der Waals surface area contributed by atoms with Gasteiger partial charge in [0.15, 0.2) is 0 Å². The monoisotopic (exact) mass is 349 g/mol. The van der Waals surface area contributed by atoms with Gasteiger partial charge >= 0.3 is 0 Å². The Morgan fingerprint density at radius 1 is 1.23 bits per heavy atom. The van der Waals surface area contributed by atoms with Crippen LogP contribution in [0.2, 0.25) is 0 Å². The fourth-order valence-corrected chi connectivity index (χ4v) is 3.43. The molecule has 26 heavy (non-hydrogen) atoms. The first-order valence-corrected chi connectivity index (χ1v) is 8.88. The van der Waals surface area contributed by atoms with Gasteiger partial charge in [-0.1, -0.05) is 13.3 Å². The average Bonchev–Trinajstić information content (AvgIpc) is 3.42. The second-order valence-electron chi connectivity index (χ2n) is 6.94. The molecule has 0 bridgehead atoms. The summed E-state index contributed by atoms with van der Waals surface area (Å²) >= 11 is 0. The van der Waals surface area contributed by atoms with Gasteiger partial charge in [-0.25, -0.2) is 9.37 Å². The molecular formula is C21H20FN3O. The highest BCUT2D eigenvalue weighted by Crippen LogP contribution is 2.41. The molecule has 0 saturated heterocycles. The third kappa shape index (κ3) is 3.05. The quantitative estimate of drug-likeness (QED) is 0.741. The number of hydrogen-bond acceptors (Lipinski definition) is 3. The lowest BCUT2D eigenvalue weighted by Gasteiger charge is -2.10. The van der Waals surface area contributed by atoms with Crippen LogP contribution in [-0.4, -0.2) is 15.9 Å². The topological polar surface area (TPSA) is 54.9 Å². The van der Waals surface area contributed by atoms with E-state index in [1.165, 1.54) is 6.07 Å². The van der Waals surface area contributed by atoms with Gasteiger partial charge < -0.3 is 5.32 Å². The van der Waals surface area contributed by atoms with Crippen LogP contribution >= 0.6 is 0 Å². The van der Waals surface area contributed by atoms with Crippen LogP contribution in [0.3, 0.4) is 0 Å². The van der Waals surface area contributed by atoms with E-state index in [1.807, 2.05) is 13.0 Å². The highest BCUT2D eigenvalue weighted by molar-refractivity contribution is 5.96. The van der Waals surface area contributed by atoms with E-state index in [2.05, 4.69) is 22.2 Å². The highest BCUT2D eigenvalue weighted by atomic mass is 19.1. The Kier molecular flexibility index (Phi) is 4.15. The molecule has 1 saturated carbocycles. The van der Waals surface area contributed by atoms with Crippen molar-refractivity contribution in [3.63, 3.8) is 0 Å². The fraction of sp³-hybridized carbons (Fsp3) is 0.286. The van der Waals surface area contributed by atoms with Crippen LogP contribution in [0.15, 0.2) is 42.9 Å². The number of hydrogen-bond donors (Lipinski definition) is 1. The van der Waals surface area contributed by atoms with Crippen LogP contribution in [0.4, 0.5) is 10.2 Å². The van der Waals surface area contributed by atoms with Crippen LogP contribution in [0.5, 0.6) is 0 Å². The van der Waals surface area contributed by atoms with Crippen LogP contribution in [-0.2, 0) is 4.79 Å². The number of aromatic nitrogens is 2. The van der Waals surface area contributed by atoms with Gasteiger partial charge in [-0.15, -0.1) is 0 Å². The highest BCUT2D eigenvalue weighted by Gasteiger charge is 2.41. The Hall–Kier alpha value is -2.82. The molecule has 1 aliphatic carbocycles. The average molecular weight is 349 g/mol. The van der Waals surface area contributed by atoms with Crippen LogP contribution < -0.4 is 5.32 Å². The first-order chi connectivity index (χ1) is 12.6. The molecule has 132 valence electrons. The van der Waals surface area contributed by atoms with Gasteiger partial charge in [-0.3, -0.25) is 9.78 Å². The molecule has 1 aromatic carbocycles. The molecule has 1 N–H and O–H groups in total. The summed E-state index contributed by atoms with van der Waals surface area (Å²) in [6.07, 6.45) is 6.93. The molecule has 2 unspecified atom stereocenters. The van der Waals surface area contributed by atoms with Crippen LogP contribution in [0.1, 0.15) is 25.3 Å². The molecule has 4 rings (SSSR count). The summed E-state index contributed by atoms with van der Waals surface area (Å²) in [5, 5.41) is 4.42. The smallest absolute Gasteiger partial charge is 0.228 e. The van der Waals surface area contributed by atoms with E-state index in [0.717, 1.165) is 29.4 Å². The molecular weight excluding hydrogens is 329 g/mol. The predicted molar refractivity (Wildman–Crippen MR) is 100 cm³/mol. The number of carbonyl (C=O) groups excluding carboxylic acids is 1. The molecule has 0 aliphatic heterocycles. The summed E-state index contributed by atoms with van der Waals surface area (Å²) in [5.41, 5.74) is 2.22. The Morgan fingerprint density at radius 2 is 2.08 bits per heavy atom. The molecule has 4 nitrogen and oxygen atoms in total. The van der Waals surface area contributed by atoms with Crippen molar-refractivity contribution in [1.29, 1.82) is 0 Å². The third-order valence-corrected chi connectivity index (χ3v) is 5.17. The third-order valence-electron chi connectivity index (χ3n) is 5.17. The zero-order valence-corrected chi connectivity index (χ0v) is 14.8. The van der Waals surface area contributed by atoms with E-state index >= 15 is 0 Å². The number of carbonyl (C=O) groups is 1. The molecule has 1 fully saturated rings. The van der Waals surface area contributed by atoms with E-state index < -0.39 is 0 Å². The van der Waals surface area contributed by atoms with Crippen molar-refractivity contribution in [3.05, 3.63) is 54.2 Å². The number of halogens is 1. The van der Waals surface area contributed by atoms with E-state index in [-0.39, 0.29) is 17.6 Å². The van der Waals surface area contributed by atoms with Crippen molar-refractivity contribution in [2.24, 2.45) is 11.8 Å². The van der Waals surface area contributed by atoms with Gasteiger partial charge in [-0.05, 0) is 54.5 Å². The lowest BCUT2D eigenvalue weighted by molar-refractivity contribution is -0.117. The van der Waals surface area contributed by atoms with Gasteiger partial charge in [0.2, 0.25) is 5.91 Å².